The quantitative estimate of drug-likeness (QED) is 0.187. The molecule has 0 bridgehead atoms. The van der Waals surface area contributed by atoms with Crippen molar-refractivity contribution in [1.82, 2.24) is 10.2 Å². The second-order valence-corrected chi connectivity index (χ2v) is 11.5. The minimum Gasteiger partial charge on any atom is -0.510 e. The van der Waals surface area contributed by atoms with Crippen molar-refractivity contribution in [1.29, 1.82) is 0 Å². The Morgan fingerprint density at radius 3 is 2.30 bits per heavy atom. The molecule has 13 nitrogen and oxygen atoms in total. The maximum atomic E-state index is 13.8. The minimum absolute atomic E-state index is 0.0105. The summed E-state index contributed by atoms with van der Waals surface area (Å²) >= 11 is 0. The lowest BCUT2D eigenvalue weighted by molar-refractivity contribution is -0.148. The van der Waals surface area contributed by atoms with Crippen LogP contribution in [0.1, 0.15) is 45.2 Å². The molecule has 0 radical (unpaired) electrons. The summed E-state index contributed by atoms with van der Waals surface area (Å²) in [6, 6.07) is 7.74. The number of anilines is 1. The second kappa shape index (κ2) is 10.9. The van der Waals surface area contributed by atoms with E-state index >= 15 is 0 Å². The molecule has 3 amide bonds. The molecule has 13 heteroatoms. The SMILES string of the molecule is CC(=O)c1ccc(NC(=O)NCc2ccc3c(c2O)C(=O)C2=C(O)C4(O)C(=O)C(C(N)=O)=C(O)C(N(C)C)C4CC2C3)cc1. The van der Waals surface area contributed by atoms with Crippen LogP contribution in [0, 0.1) is 11.8 Å². The number of carbonyl (C=O) groups excluding carboxylic acids is 5. The molecular formula is C31H32N4O9. The van der Waals surface area contributed by atoms with Gasteiger partial charge in [0.25, 0.3) is 5.91 Å². The number of rotatable bonds is 6. The van der Waals surface area contributed by atoms with Crippen molar-refractivity contribution in [2.24, 2.45) is 17.6 Å². The predicted octanol–water partition coefficient (Wildman–Crippen LogP) is 1.64. The zero-order valence-electron chi connectivity index (χ0n) is 24.2. The van der Waals surface area contributed by atoms with Crippen molar-refractivity contribution >= 4 is 35.0 Å². The fourth-order valence-electron chi connectivity index (χ4n) is 6.55. The first-order chi connectivity index (χ1) is 20.7. The van der Waals surface area contributed by atoms with Crippen LogP contribution in [0.2, 0.25) is 0 Å². The lowest BCUT2D eigenvalue weighted by atomic mass is 9.58. The molecule has 44 heavy (non-hydrogen) atoms. The molecule has 2 aromatic carbocycles. The molecule has 3 aliphatic rings. The minimum atomic E-state index is -2.72. The topological polar surface area (TPSA) is 220 Å². The number of phenols is 1. The third kappa shape index (κ3) is 4.70. The van der Waals surface area contributed by atoms with E-state index < -0.39 is 69.8 Å². The number of aliphatic hydroxyl groups is 3. The summed E-state index contributed by atoms with van der Waals surface area (Å²) in [4.78, 5) is 64.7. The van der Waals surface area contributed by atoms with Crippen LogP contribution in [0.5, 0.6) is 5.75 Å². The van der Waals surface area contributed by atoms with Crippen molar-refractivity contribution in [2.75, 3.05) is 19.4 Å². The predicted molar refractivity (Wildman–Crippen MR) is 156 cm³/mol. The van der Waals surface area contributed by atoms with E-state index in [4.69, 9.17) is 5.73 Å². The largest absolute Gasteiger partial charge is 0.510 e. The molecule has 3 aliphatic carbocycles. The van der Waals surface area contributed by atoms with Crippen LogP contribution < -0.4 is 16.4 Å². The summed E-state index contributed by atoms with van der Waals surface area (Å²) in [5, 5.41) is 50.2. The molecule has 0 aliphatic heterocycles. The van der Waals surface area contributed by atoms with Gasteiger partial charge in [-0.1, -0.05) is 12.1 Å². The van der Waals surface area contributed by atoms with Gasteiger partial charge in [-0.15, -0.1) is 0 Å². The highest BCUT2D eigenvalue weighted by Gasteiger charge is 2.63. The summed E-state index contributed by atoms with van der Waals surface area (Å²) in [7, 11) is 3.12. The smallest absolute Gasteiger partial charge is 0.319 e. The molecule has 4 atom stereocenters. The summed E-state index contributed by atoms with van der Waals surface area (Å²) in [5.74, 6) is -7.34. The van der Waals surface area contributed by atoms with Crippen LogP contribution in [0.3, 0.4) is 0 Å². The Balaban J connectivity index is 1.44. The fourth-order valence-corrected chi connectivity index (χ4v) is 6.55. The van der Waals surface area contributed by atoms with E-state index in [1.165, 1.54) is 11.8 Å². The highest BCUT2D eigenvalue weighted by molar-refractivity contribution is 6.24. The number of primary amides is 1. The van der Waals surface area contributed by atoms with Crippen molar-refractivity contribution < 1.29 is 44.4 Å². The van der Waals surface area contributed by atoms with Gasteiger partial charge in [-0.05, 0) is 69.6 Å². The number of phenolic OH excluding ortho intramolecular Hbond substituents is 1. The van der Waals surface area contributed by atoms with Gasteiger partial charge >= 0.3 is 6.03 Å². The molecular weight excluding hydrogens is 572 g/mol. The number of aromatic hydroxyl groups is 1. The van der Waals surface area contributed by atoms with E-state index in [2.05, 4.69) is 10.6 Å². The van der Waals surface area contributed by atoms with Gasteiger partial charge in [0.2, 0.25) is 5.78 Å². The van der Waals surface area contributed by atoms with Gasteiger partial charge in [0.15, 0.2) is 17.2 Å². The normalized spacial score (nSPS) is 24.4. The highest BCUT2D eigenvalue weighted by Crippen LogP contribution is 2.52. The number of likely N-dealkylation sites (N-methyl/N-ethyl adjacent to an activating group) is 1. The fraction of sp³-hybridized carbons (Fsp3) is 0.323. The number of urea groups is 1. The summed E-state index contributed by atoms with van der Waals surface area (Å²) in [5.41, 5.74) is 2.90. The van der Waals surface area contributed by atoms with E-state index in [0.29, 0.717) is 16.8 Å². The molecule has 2 aromatic rings. The Kier molecular flexibility index (Phi) is 7.56. The number of nitrogens with one attached hydrogen (secondary N) is 2. The molecule has 0 heterocycles. The van der Waals surface area contributed by atoms with Crippen LogP contribution in [0.25, 0.3) is 0 Å². The van der Waals surface area contributed by atoms with Gasteiger partial charge in [0.1, 0.15) is 22.8 Å². The lowest BCUT2D eigenvalue weighted by Crippen LogP contribution is -2.63. The molecule has 0 fully saturated rings. The number of carbonyl (C=O) groups is 5. The molecule has 230 valence electrons. The van der Waals surface area contributed by atoms with Crippen molar-refractivity contribution in [2.45, 2.75) is 38.0 Å². The lowest BCUT2D eigenvalue weighted by Gasteiger charge is -2.50. The highest BCUT2D eigenvalue weighted by atomic mass is 16.3. The molecule has 5 rings (SSSR count). The monoisotopic (exact) mass is 604 g/mol. The average Bonchev–Trinajstić information content (AvgIpc) is 2.94. The van der Waals surface area contributed by atoms with Crippen molar-refractivity contribution in [3.8, 4) is 5.75 Å². The van der Waals surface area contributed by atoms with Crippen LogP contribution >= 0.6 is 0 Å². The van der Waals surface area contributed by atoms with Crippen LogP contribution in [-0.4, -0.2) is 80.4 Å². The molecule has 0 spiro atoms. The Hall–Kier alpha value is -5.01. The van der Waals surface area contributed by atoms with Gasteiger partial charge < -0.3 is 36.8 Å². The Morgan fingerprint density at radius 2 is 1.70 bits per heavy atom. The maximum Gasteiger partial charge on any atom is 0.319 e. The van der Waals surface area contributed by atoms with Gasteiger partial charge in [-0.3, -0.25) is 24.1 Å². The zero-order chi connectivity index (χ0) is 32.2. The van der Waals surface area contributed by atoms with Gasteiger partial charge in [-0.2, -0.15) is 0 Å². The number of hydrogen-bond donors (Lipinski definition) is 7. The third-order valence-electron chi connectivity index (χ3n) is 8.67. The standard InChI is InChI=1S/C31H32N4O9/c1-13(36)14-6-8-18(9-7-14)34-30(43)33-12-16-5-4-15-10-17-11-19-23(35(2)3)26(39)22(29(32)42)28(41)31(19,44)27(40)21(17)25(38)20(15)24(16)37/h4-9,17,19,23,37,39-40,44H,10-12H2,1-3H3,(H2,32,42)(H2,33,34,43). The Labute approximate surface area is 251 Å². The van der Waals surface area contributed by atoms with E-state index in [1.807, 2.05) is 0 Å². The number of allylic oxidation sites excluding steroid dienone is 1. The number of amides is 3. The molecule has 0 saturated heterocycles. The number of nitrogens with two attached hydrogens (primary N) is 1. The zero-order valence-corrected chi connectivity index (χ0v) is 24.2. The van der Waals surface area contributed by atoms with Crippen molar-refractivity contribution in [3.05, 3.63) is 81.3 Å². The Morgan fingerprint density at radius 1 is 1.05 bits per heavy atom. The third-order valence-corrected chi connectivity index (χ3v) is 8.67. The first-order valence-corrected chi connectivity index (χ1v) is 13.8. The van der Waals surface area contributed by atoms with Gasteiger partial charge in [0.05, 0.1) is 11.6 Å². The van der Waals surface area contributed by atoms with Crippen LogP contribution in [-0.2, 0) is 22.6 Å². The molecule has 0 aromatic heterocycles. The maximum absolute atomic E-state index is 13.8. The number of nitrogens with zero attached hydrogens (tertiary/aromatic N) is 1. The van der Waals surface area contributed by atoms with Crippen LogP contribution in [0.4, 0.5) is 10.5 Å². The summed E-state index contributed by atoms with van der Waals surface area (Å²) < 4.78 is 0. The van der Waals surface area contributed by atoms with Crippen molar-refractivity contribution in [3.63, 3.8) is 0 Å². The number of benzene rings is 2. The van der Waals surface area contributed by atoms with Crippen LogP contribution in [0.15, 0.2) is 59.1 Å². The van der Waals surface area contributed by atoms with E-state index in [1.54, 1.807) is 50.5 Å². The van der Waals surface area contributed by atoms with E-state index in [0.717, 1.165) is 0 Å². The second-order valence-electron chi connectivity index (χ2n) is 11.5. The first-order valence-electron chi connectivity index (χ1n) is 13.8. The molecule has 4 unspecified atom stereocenters. The van der Waals surface area contributed by atoms with Gasteiger partial charge in [-0.25, -0.2) is 4.79 Å². The Bertz CT molecular complexity index is 1690. The molecule has 0 saturated carbocycles. The summed E-state index contributed by atoms with van der Waals surface area (Å²) in [6.07, 6.45) is 0.149. The van der Waals surface area contributed by atoms with Gasteiger partial charge in [0, 0.05) is 34.9 Å². The molecule has 8 N–H and O–H groups in total. The summed E-state index contributed by atoms with van der Waals surface area (Å²) in [6.45, 7) is 1.24. The average molecular weight is 605 g/mol. The number of aliphatic hydroxyl groups excluding tert-OH is 2. The van der Waals surface area contributed by atoms with E-state index in [-0.39, 0.29) is 41.9 Å². The van der Waals surface area contributed by atoms with E-state index in [9.17, 15) is 44.4 Å². The number of fused-ring (bicyclic) bond motifs is 3. The number of Topliss-reactive ketones (excluding diaryl/α,β-unsaturated/α-hetero) is 3. The number of hydrogen-bond acceptors (Lipinski definition) is 10. The first kappa shape index (κ1) is 30.4. The number of ketones is 3.